The van der Waals surface area contributed by atoms with Gasteiger partial charge in [-0.1, -0.05) is 18.2 Å². The van der Waals surface area contributed by atoms with Crippen molar-refractivity contribution < 1.29 is 28.6 Å². The van der Waals surface area contributed by atoms with Crippen LogP contribution in [0.25, 0.3) is 0 Å². The lowest BCUT2D eigenvalue weighted by Gasteiger charge is -2.13. The van der Waals surface area contributed by atoms with Crippen LogP contribution in [0.1, 0.15) is 18.1 Å². The van der Waals surface area contributed by atoms with Crippen LogP contribution in [0.15, 0.2) is 71.8 Å². The van der Waals surface area contributed by atoms with Crippen molar-refractivity contribution in [1.29, 1.82) is 0 Å². The van der Waals surface area contributed by atoms with Crippen LogP contribution in [0.5, 0.6) is 17.2 Å². The first-order chi connectivity index (χ1) is 17.9. The molecule has 3 N–H and O–H groups in total. The van der Waals surface area contributed by atoms with E-state index in [-0.39, 0.29) is 18.3 Å². The van der Waals surface area contributed by atoms with E-state index in [1.165, 1.54) is 13.3 Å². The van der Waals surface area contributed by atoms with Crippen LogP contribution in [0, 0.1) is 6.92 Å². The molecule has 0 atom stereocenters. The first kappa shape index (κ1) is 26.7. The summed E-state index contributed by atoms with van der Waals surface area (Å²) < 4.78 is 16.4. The van der Waals surface area contributed by atoms with Gasteiger partial charge in [-0.3, -0.25) is 14.4 Å². The lowest BCUT2D eigenvalue weighted by atomic mass is 10.2. The van der Waals surface area contributed by atoms with Crippen molar-refractivity contribution in [1.82, 2.24) is 5.43 Å². The van der Waals surface area contributed by atoms with Gasteiger partial charge in [0.2, 0.25) is 0 Å². The summed E-state index contributed by atoms with van der Waals surface area (Å²) in [5, 5.41) is 9.08. The third-order valence-electron chi connectivity index (χ3n) is 4.88. The Labute approximate surface area is 214 Å². The van der Waals surface area contributed by atoms with E-state index in [1.54, 1.807) is 60.7 Å². The molecule has 0 saturated heterocycles. The number of amides is 3. The number of hydrogen-bond acceptors (Lipinski definition) is 7. The van der Waals surface area contributed by atoms with Crippen LogP contribution >= 0.6 is 0 Å². The van der Waals surface area contributed by atoms with E-state index in [0.29, 0.717) is 35.0 Å². The Morgan fingerprint density at radius 2 is 1.65 bits per heavy atom. The topological polar surface area (TPSA) is 127 Å². The molecule has 0 unspecified atom stereocenters. The number of benzene rings is 3. The number of nitrogens with one attached hydrogen (secondary N) is 3. The average molecular weight is 505 g/mol. The van der Waals surface area contributed by atoms with E-state index in [2.05, 4.69) is 21.2 Å². The lowest BCUT2D eigenvalue weighted by Crippen LogP contribution is -2.32. The summed E-state index contributed by atoms with van der Waals surface area (Å²) in [4.78, 5) is 36.7. The second-order valence-corrected chi connectivity index (χ2v) is 7.70. The van der Waals surface area contributed by atoms with E-state index < -0.39 is 11.8 Å². The summed E-state index contributed by atoms with van der Waals surface area (Å²) >= 11 is 0. The van der Waals surface area contributed by atoms with Crippen molar-refractivity contribution in [2.24, 2.45) is 5.10 Å². The van der Waals surface area contributed by atoms with Crippen molar-refractivity contribution >= 4 is 35.3 Å². The summed E-state index contributed by atoms with van der Waals surface area (Å²) in [6.07, 6.45) is 1.29. The molecular formula is C27H28N4O6. The van der Waals surface area contributed by atoms with Gasteiger partial charge in [0.25, 0.3) is 5.91 Å². The number of aryl methyl sites for hydroxylation is 1. The van der Waals surface area contributed by atoms with Gasteiger partial charge in [-0.15, -0.1) is 0 Å². The minimum absolute atomic E-state index is 0.244. The van der Waals surface area contributed by atoms with Gasteiger partial charge in [0.05, 0.1) is 19.9 Å². The molecule has 0 aliphatic heterocycles. The average Bonchev–Trinajstić information content (AvgIpc) is 2.89. The molecule has 0 bridgehead atoms. The molecule has 10 heteroatoms. The second kappa shape index (κ2) is 13.3. The molecule has 192 valence electrons. The molecule has 0 aliphatic carbocycles. The fraction of sp³-hybridized carbons (Fsp3) is 0.185. The van der Waals surface area contributed by atoms with Gasteiger partial charge < -0.3 is 24.8 Å². The van der Waals surface area contributed by atoms with Gasteiger partial charge in [0, 0.05) is 16.9 Å². The molecule has 0 aliphatic rings. The van der Waals surface area contributed by atoms with Gasteiger partial charge in [-0.2, -0.15) is 5.10 Å². The van der Waals surface area contributed by atoms with Crippen LogP contribution < -0.4 is 30.3 Å². The van der Waals surface area contributed by atoms with Crippen LogP contribution in [-0.2, 0) is 14.4 Å². The molecule has 0 radical (unpaired) electrons. The first-order valence-corrected chi connectivity index (χ1v) is 11.4. The van der Waals surface area contributed by atoms with Crippen molar-refractivity contribution in [2.45, 2.75) is 13.8 Å². The molecule has 3 aromatic rings. The molecule has 0 aromatic heterocycles. The summed E-state index contributed by atoms with van der Waals surface area (Å²) in [5.41, 5.74) is 4.62. The molecule has 3 aromatic carbocycles. The fourth-order valence-electron chi connectivity index (χ4n) is 3.21. The largest absolute Gasteiger partial charge is 0.494 e. The van der Waals surface area contributed by atoms with Gasteiger partial charge in [0.1, 0.15) is 5.75 Å². The molecule has 0 spiro atoms. The third-order valence-corrected chi connectivity index (χ3v) is 4.88. The van der Waals surface area contributed by atoms with Crippen LogP contribution in [0.2, 0.25) is 0 Å². The van der Waals surface area contributed by atoms with Crippen molar-refractivity contribution in [3.8, 4) is 17.2 Å². The van der Waals surface area contributed by atoms with E-state index in [9.17, 15) is 14.4 Å². The zero-order valence-electron chi connectivity index (χ0n) is 20.7. The lowest BCUT2D eigenvalue weighted by molar-refractivity contribution is -0.136. The molecule has 3 amide bonds. The van der Waals surface area contributed by atoms with Crippen molar-refractivity contribution in [3.63, 3.8) is 0 Å². The number of hydrazone groups is 1. The molecule has 0 heterocycles. The summed E-state index contributed by atoms with van der Waals surface area (Å²) in [7, 11) is 1.46. The van der Waals surface area contributed by atoms with Gasteiger partial charge >= 0.3 is 11.8 Å². The zero-order valence-corrected chi connectivity index (χ0v) is 20.7. The minimum Gasteiger partial charge on any atom is -0.494 e. The number of anilines is 2. The highest BCUT2D eigenvalue weighted by Crippen LogP contribution is 2.30. The molecule has 3 rings (SSSR count). The molecule has 37 heavy (non-hydrogen) atoms. The highest BCUT2D eigenvalue weighted by molar-refractivity contribution is 6.39. The van der Waals surface area contributed by atoms with Gasteiger partial charge in [-0.05, 0) is 67.9 Å². The highest BCUT2D eigenvalue weighted by Gasteiger charge is 2.14. The number of ether oxygens (including phenoxy) is 3. The fourth-order valence-corrected chi connectivity index (χ4v) is 3.21. The zero-order chi connectivity index (χ0) is 26.6. The first-order valence-electron chi connectivity index (χ1n) is 11.4. The second-order valence-electron chi connectivity index (χ2n) is 7.70. The van der Waals surface area contributed by atoms with E-state index in [4.69, 9.17) is 14.2 Å². The van der Waals surface area contributed by atoms with Crippen molar-refractivity contribution in [2.75, 3.05) is 31.0 Å². The van der Waals surface area contributed by atoms with Crippen LogP contribution in [0.4, 0.5) is 11.4 Å². The number of nitrogens with zero attached hydrogens (tertiary/aromatic N) is 1. The van der Waals surface area contributed by atoms with E-state index in [0.717, 1.165) is 5.56 Å². The summed E-state index contributed by atoms with van der Waals surface area (Å²) in [5.74, 6) is -0.891. The Morgan fingerprint density at radius 1 is 0.892 bits per heavy atom. The maximum atomic E-state index is 12.4. The van der Waals surface area contributed by atoms with Crippen molar-refractivity contribution in [3.05, 3.63) is 77.9 Å². The maximum Gasteiger partial charge on any atom is 0.329 e. The Morgan fingerprint density at radius 3 is 2.35 bits per heavy atom. The summed E-state index contributed by atoms with van der Waals surface area (Å²) in [6, 6.07) is 19.0. The molecular weight excluding hydrogens is 476 g/mol. The summed E-state index contributed by atoms with van der Waals surface area (Å²) in [6.45, 7) is 4.01. The Bertz CT molecular complexity index is 1270. The van der Waals surface area contributed by atoms with Crippen LogP contribution in [-0.4, -0.2) is 44.3 Å². The number of rotatable bonds is 10. The minimum atomic E-state index is -0.946. The number of carbonyl (C=O) groups excluding carboxylic acids is 3. The monoisotopic (exact) mass is 504 g/mol. The third kappa shape index (κ3) is 8.10. The Hall–Kier alpha value is -4.86. The highest BCUT2D eigenvalue weighted by atomic mass is 16.5. The predicted molar refractivity (Wildman–Crippen MR) is 140 cm³/mol. The van der Waals surface area contributed by atoms with E-state index >= 15 is 0 Å². The smallest absolute Gasteiger partial charge is 0.329 e. The molecule has 0 saturated carbocycles. The molecule has 0 fully saturated rings. The standard InChI is InChI=1S/C27H28N4O6/c1-4-36-22-13-11-20(12-14-22)29-24(32)17-37-25-19(8-6-10-23(25)35-3)16-28-31-27(34)26(33)30-21-9-5-7-18(2)15-21/h5-16H,4,17H2,1-3H3,(H,29,32)(H,30,33)(H,31,34)/b28-16-. The maximum absolute atomic E-state index is 12.4. The van der Waals surface area contributed by atoms with E-state index in [1.807, 2.05) is 19.9 Å². The Kier molecular flexibility index (Phi) is 9.60. The van der Waals surface area contributed by atoms with Gasteiger partial charge in [-0.25, -0.2) is 5.43 Å². The van der Waals surface area contributed by atoms with Gasteiger partial charge in [0.15, 0.2) is 18.1 Å². The normalized spacial score (nSPS) is 10.5. The SMILES string of the molecule is CCOc1ccc(NC(=O)COc2c(/C=N\NC(=O)C(=O)Nc3cccc(C)c3)cccc2OC)cc1. The quantitative estimate of drug-likeness (QED) is 0.220. The number of hydrogen-bond donors (Lipinski definition) is 3. The number of para-hydroxylation sites is 1. The molecule has 10 nitrogen and oxygen atoms in total. The number of methoxy groups -OCH3 is 1. The number of carbonyl (C=O) groups is 3. The predicted octanol–water partition coefficient (Wildman–Crippen LogP) is 3.51. The Balaban J connectivity index is 1.59. The van der Waals surface area contributed by atoms with Crippen LogP contribution in [0.3, 0.4) is 0 Å².